The Morgan fingerprint density at radius 3 is 1.04 bits per heavy atom. The number of rotatable bonds is 3. The minimum atomic E-state index is -0.968. The van der Waals surface area contributed by atoms with Gasteiger partial charge >= 0.3 is 36.3 Å². The summed E-state index contributed by atoms with van der Waals surface area (Å²) in [7, 11) is -0.968. The van der Waals surface area contributed by atoms with Crippen molar-refractivity contribution < 1.29 is 17.3 Å². The van der Waals surface area contributed by atoms with Crippen LogP contribution < -0.4 is 15.9 Å². The van der Waals surface area contributed by atoms with Crippen molar-refractivity contribution in [2.24, 2.45) is 0 Å². The predicted octanol–water partition coefficient (Wildman–Crippen LogP) is 4.99. The van der Waals surface area contributed by atoms with Gasteiger partial charge in [0.2, 0.25) is 0 Å². The van der Waals surface area contributed by atoms with Crippen molar-refractivity contribution in [2.45, 2.75) is 20.8 Å². The molecule has 0 saturated heterocycles. The maximum absolute atomic E-state index is 2.31. The fourth-order valence-electron chi connectivity index (χ4n) is 3.00. The van der Waals surface area contributed by atoms with Gasteiger partial charge in [-0.25, -0.2) is 0 Å². The second-order valence-electron chi connectivity index (χ2n) is 5.82. The van der Waals surface area contributed by atoms with Crippen LogP contribution in [-0.4, -0.2) is 0 Å². The molecule has 0 aliphatic rings. The van der Waals surface area contributed by atoms with Crippen LogP contribution in [0.15, 0.2) is 72.8 Å². The standard InChI is InChI=1S/C21H21P.Au.HI/c1-16-10-4-7-13-19(16)22(20-14-8-5-11-17(20)2)21-15-9-6-12-18(21)3;;/h4-15H,1-3H3;;1H/q;+1;. The van der Waals surface area contributed by atoms with Crippen LogP contribution in [0.3, 0.4) is 0 Å². The number of benzene rings is 3. The van der Waals surface area contributed by atoms with E-state index in [4.69, 9.17) is 0 Å². The van der Waals surface area contributed by atoms with E-state index >= 15 is 0 Å². The normalized spacial score (nSPS) is 10.3. The van der Waals surface area contributed by atoms with Gasteiger partial charge in [0.15, 0.2) is 0 Å². The molecular weight excluding hydrogens is 607 g/mol. The third-order valence-electron chi connectivity index (χ3n) is 4.24. The van der Waals surface area contributed by atoms with Crippen molar-refractivity contribution in [3.05, 3.63) is 89.5 Å². The molecule has 0 saturated carbocycles. The van der Waals surface area contributed by atoms with Gasteiger partial charge in [0.05, 0.1) is 7.92 Å². The molecule has 3 aromatic rings. The van der Waals surface area contributed by atoms with E-state index in [1.165, 1.54) is 32.6 Å². The molecule has 0 aliphatic heterocycles. The molecule has 0 amide bonds. The molecule has 0 fully saturated rings. The average molecular weight is 629 g/mol. The number of aryl methyl sites for hydroxylation is 3. The molecule has 0 spiro atoms. The number of hydrogen-bond acceptors (Lipinski definition) is 0. The average Bonchev–Trinajstić information content (AvgIpc) is 2.61. The molecule has 0 bridgehead atoms. The first kappa shape index (κ1) is 19.9. The van der Waals surface area contributed by atoms with Gasteiger partial charge in [-0.15, -0.1) is 0 Å². The Morgan fingerprint density at radius 1 is 0.542 bits per heavy atom. The molecule has 24 heavy (non-hydrogen) atoms. The SMILES string of the molecule is Cc1ccccc1[PH+](c1ccccc1C)c1ccccc1C.[I][Au]. The van der Waals surface area contributed by atoms with E-state index in [2.05, 4.69) is 130 Å². The Morgan fingerprint density at radius 2 is 0.792 bits per heavy atom. The van der Waals surface area contributed by atoms with E-state index < -0.39 is 7.92 Å². The van der Waals surface area contributed by atoms with E-state index in [1.54, 1.807) is 0 Å². The Bertz CT molecular complexity index is 693. The summed E-state index contributed by atoms with van der Waals surface area (Å²) in [6.45, 7) is 6.70. The zero-order chi connectivity index (χ0) is 17.5. The zero-order valence-electron chi connectivity index (χ0n) is 14.1. The molecule has 0 aromatic heterocycles. The van der Waals surface area contributed by atoms with Gasteiger partial charge in [-0.05, 0) is 55.7 Å². The van der Waals surface area contributed by atoms with Crippen LogP contribution >= 0.6 is 26.9 Å². The molecule has 0 aliphatic carbocycles. The van der Waals surface area contributed by atoms with Crippen molar-refractivity contribution in [2.75, 3.05) is 0 Å². The topological polar surface area (TPSA) is 0 Å². The number of halogens is 1. The fraction of sp³-hybridized carbons (Fsp3) is 0.143. The van der Waals surface area contributed by atoms with Gasteiger partial charge in [-0.1, -0.05) is 54.6 Å². The maximum atomic E-state index is 2.31. The summed E-state index contributed by atoms with van der Waals surface area (Å²) in [5, 5.41) is 4.49. The molecule has 3 heteroatoms. The molecule has 0 atom stereocenters. The van der Waals surface area contributed by atoms with Crippen molar-refractivity contribution in [3.8, 4) is 0 Å². The van der Waals surface area contributed by atoms with E-state index in [1.807, 2.05) is 0 Å². The predicted molar refractivity (Wildman–Crippen MR) is 115 cm³/mol. The van der Waals surface area contributed by atoms with Crippen LogP contribution in [0, 0.1) is 20.8 Å². The van der Waals surface area contributed by atoms with Gasteiger partial charge < -0.3 is 0 Å². The Hall–Kier alpha value is -0.440. The summed E-state index contributed by atoms with van der Waals surface area (Å²) in [4.78, 5) is 0. The monoisotopic (exact) mass is 629 g/mol. The van der Waals surface area contributed by atoms with E-state index in [-0.39, 0.29) is 0 Å². The second kappa shape index (κ2) is 9.89. The van der Waals surface area contributed by atoms with Gasteiger partial charge in [0.25, 0.3) is 0 Å². The first-order chi connectivity index (χ1) is 11.7. The zero-order valence-corrected chi connectivity index (χ0v) is 19.4. The van der Waals surface area contributed by atoms with E-state index in [9.17, 15) is 0 Å². The van der Waals surface area contributed by atoms with Gasteiger partial charge in [0.1, 0.15) is 15.9 Å². The van der Waals surface area contributed by atoms with Crippen molar-refractivity contribution in [1.29, 1.82) is 0 Å². The molecule has 0 nitrogen and oxygen atoms in total. The molecule has 0 heterocycles. The molecule has 0 unspecified atom stereocenters. The summed E-state index contributed by atoms with van der Waals surface area (Å²) in [5.74, 6) is 0. The summed E-state index contributed by atoms with van der Waals surface area (Å²) in [6.07, 6.45) is 0. The van der Waals surface area contributed by atoms with Gasteiger partial charge in [-0.3, -0.25) is 0 Å². The van der Waals surface area contributed by atoms with Crippen LogP contribution in [0.1, 0.15) is 16.7 Å². The summed E-state index contributed by atoms with van der Waals surface area (Å²) in [5.41, 5.74) is 4.17. The first-order valence-electron chi connectivity index (χ1n) is 7.85. The van der Waals surface area contributed by atoms with E-state index in [0.29, 0.717) is 0 Å². The van der Waals surface area contributed by atoms with Crippen LogP contribution in [0.25, 0.3) is 0 Å². The molecule has 0 radical (unpaired) electrons. The quantitative estimate of drug-likeness (QED) is 0.218. The summed E-state index contributed by atoms with van der Waals surface area (Å²) >= 11 is 4.34. The van der Waals surface area contributed by atoms with Gasteiger partial charge in [-0.2, -0.15) is 0 Å². The summed E-state index contributed by atoms with van der Waals surface area (Å²) in [6, 6.07) is 26.5. The third kappa shape index (κ3) is 4.59. The van der Waals surface area contributed by atoms with Crippen LogP contribution in [-0.2, 0) is 17.3 Å². The van der Waals surface area contributed by atoms with E-state index in [0.717, 1.165) is 0 Å². The second-order valence-corrected chi connectivity index (χ2v) is 8.19. The molecule has 3 aromatic carbocycles. The van der Waals surface area contributed by atoms with Gasteiger partial charge in [0, 0.05) is 0 Å². The Kier molecular flexibility index (Phi) is 8.19. The summed E-state index contributed by atoms with van der Waals surface area (Å²) < 4.78 is 0. The Balaban J connectivity index is 0.00000100. The fourth-order valence-corrected chi connectivity index (χ4v) is 6.09. The minimum absolute atomic E-state index is 0.968. The van der Waals surface area contributed by atoms with Crippen LogP contribution in [0.2, 0.25) is 0 Å². The molecule has 0 N–H and O–H groups in total. The van der Waals surface area contributed by atoms with Crippen LogP contribution in [0.4, 0.5) is 0 Å². The van der Waals surface area contributed by atoms with Crippen molar-refractivity contribution in [3.63, 3.8) is 0 Å². The van der Waals surface area contributed by atoms with Crippen LogP contribution in [0.5, 0.6) is 0 Å². The molecule has 128 valence electrons. The molecule has 3 rings (SSSR count). The van der Waals surface area contributed by atoms with Crippen molar-refractivity contribution >= 4 is 42.9 Å². The molecular formula is C21H22AuIP+. The van der Waals surface area contributed by atoms with Crippen molar-refractivity contribution in [1.82, 2.24) is 0 Å². The third-order valence-corrected chi connectivity index (χ3v) is 7.54. The first-order valence-corrected chi connectivity index (χ1v) is 15.5. The Labute approximate surface area is 169 Å². The number of hydrogen-bond donors (Lipinski definition) is 0.